The molecule has 2 amide bonds. The number of carbonyl (C=O) groups excluding carboxylic acids is 2. The van der Waals surface area contributed by atoms with E-state index in [4.69, 9.17) is 9.47 Å². The summed E-state index contributed by atoms with van der Waals surface area (Å²) in [5, 5.41) is 14.5. The highest BCUT2D eigenvalue weighted by Crippen LogP contribution is 2.31. The van der Waals surface area contributed by atoms with Gasteiger partial charge in [-0.15, -0.1) is 0 Å². The van der Waals surface area contributed by atoms with Gasteiger partial charge in [0.15, 0.2) is 18.1 Å². The lowest BCUT2D eigenvalue weighted by Gasteiger charge is -2.12. The highest BCUT2D eigenvalue weighted by molar-refractivity contribution is 6.09. The maximum absolute atomic E-state index is 12.9. The number of nitrogens with zero attached hydrogens (tertiary/aromatic N) is 1. The second kappa shape index (κ2) is 11.8. The van der Waals surface area contributed by atoms with Gasteiger partial charge >= 0.3 is 6.18 Å². The average Bonchev–Trinajstić information content (AvgIpc) is 2.87. The van der Waals surface area contributed by atoms with Crippen molar-refractivity contribution < 1.29 is 32.2 Å². The Morgan fingerprint density at radius 1 is 1.00 bits per heavy atom. The van der Waals surface area contributed by atoms with E-state index in [0.717, 1.165) is 23.8 Å². The van der Waals surface area contributed by atoms with Crippen LogP contribution in [0.25, 0.3) is 6.08 Å². The maximum atomic E-state index is 12.9. The zero-order valence-corrected chi connectivity index (χ0v) is 19.8. The van der Waals surface area contributed by atoms with Crippen molar-refractivity contribution in [2.45, 2.75) is 13.1 Å². The van der Waals surface area contributed by atoms with E-state index >= 15 is 0 Å². The number of nitriles is 1. The molecule has 0 unspecified atom stereocenters. The van der Waals surface area contributed by atoms with Crippen LogP contribution < -0.4 is 20.1 Å². The number of amides is 2. The number of benzene rings is 3. The Bertz CT molecular complexity index is 1380. The molecule has 3 aromatic rings. The summed E-state index contributed by atoms with van der Waals surface area (Å²) in [6.07, 6.45) is -3.32. The van der Waals surface area contributed by atoms with Gasteiger partial charge in [-0.05, 0) is 60.5 Å². The number of rotatable bonds is 8. The fourth-order valence-electron chi connectivity index (χ4n) is 3.22. The Morgan fingerprint density at radius 3 is 2.43 bits per heavy atom. The highest BCUT2D eigenvalue weighted by Gasteiger charge is 2.30. The Morgan fingerprint density at radius 2 is 1.76 bits per heavy atom. The molecule has 2 N–H and O–H groups in total. The van der Waals surface area contributed by atoms with Crippen LogP contribution >= 0.6 is 0 Å². The minimum Gasteiger partial charge on any atom is -0.493 e. The Kier molecular flexibility index (Phi) is 8.53. The minimum absolute atomic E-state index is 0.105. The average molecular weight is 509 g/mol. The lowest BCUT2D eigenvalue weighted by atomic mass is 10.1. The van der Waals surface area contributed by atoms with E-state index in [1.807, 2.05) is 19.1 Å². The van der Waals surface area contributed by atoms with Gasteiger partial charge in [0.25, 0.3) is 11.8 Å². The van der Waals surface area contributed by atoms with E-state index in [-0.39, 0.29) is 35.3 Å². The van der Waals surface area contributed by atoms with Gasteiger partial charge in [-0.3, -0.25) is 9.59 Å². The molecular formula is C27H22F3N3O4. The summed E-state index contributed by atoms with van der Waals surface area (Å²) in [7, 11) is 1.38. The first kappa shape index (κ1) is 26.8. The summed E-state index contributed by atoms with van der Waals surface area (Å²) >= 11 is 0. The molecule has 0 heterocycles. The van der Waals surface area contributed by atoms with Gasteiger partial charge in [-0.1, -0.05) is 30.3 Å². The number of carbonyl (C=O) groups is 2. The Hall–Kier alpha value is -4.78. The number of ether oxygens (including phenoxy) is 2. The summed E-state index contributed by atoms with van der Waals surface area (Å²) in [6, 6.07) is 17.6. The van der Waals surface area contributed by atoms with Gasteiger partial charge < -0.3 is 20.1 Å². The predicted octanol–water partition coefficient (Wildman–Crippen LogP) is 5.59. The zero-order chi connectivity index (χ0) is 27.0. The SMILES string of the molecule is COc1cc(/C=C(\C#N)C(=O)Nc2cccc(C(F)(F)F)c2)ccc1OCC(=O)Nc1ccccc1C. The van der Waals surface area contributed by atoms with Crippen LogP contribution in [0.2, 0.25) is 0 Å². The van der Waals surface area contributed by atoms with Gasteiger partial charge in [0.2, 0.25) is 0 Å². The molecule has 10 heteroatoms. The molecule has 0 radical (unpaired) electrons. The van der Waals surface area contributed by atoms with Crippen molar-refractivity contribution in [3.63, 3.8) is 0 Å². The number of alkyl halides is 3. The molecule has 190 valence electrons. The molecule has 0 aliphatic heterocycles. The van der Waals surface area contributed by atoms with Gasteiger partial charge in [0.1, 0.15) is 11.6 Å². The molecule has 0 saturated carbocycles. The van der Waals surface area contributed by atoms with Crippen LogP contribution in [-0.2, 0) is 15.8 Å². The number of methoxy groups -OCH3 is 1. The third-order valence-corrected chi connectivity index (χ3v) is 5.09. The first-order valence-electron chi connectivity index (χ1n) is 10.9. The fraction of sp³-hybridized carbons (Fsp3) is 0.148. The molecule has 0 aliphatic carbocycles. The quantitative estimate of drug-likeness (QED) is 0.305. The fourth-order valence-corrected chi connectivity index (χ4v) is 3.22. The number of nitrogens with one attached hydrogen (secondary N) is 2. The van der Waals surface area contributed by atoms with E-state index in [1.54, 1.807) is 18.2 Å². The molecule has 7 nitrogen and oxygen atoms in total. The molecule has 0 atom stereocenters. The van der Waals surface area contributed by atoms with Crippen LogP contribution in [-0.4, -0.2) is 25.5 Å². The van der Waals surface area contributed by atoms with Crippen molar-refractivity contribution in [3.05, 3.63) is 89.0 Å². The number of para-hydroxylation sites is 1. The Labute approximate surface area is 211 Å². The summed E-state index contributed by atoms with van der Waals surface area (Å²) in [6.45, 7) is 1.57. The summed E-state index contributed by atoms with van der Waals surface area (Å²) in [5.74, 6) is -0.758. The molecule has 3 rings (SSSR count). The van der Waals surface area contributed by atoms with Gasteiger partial charge in [0.05, 0.1) is 12.7 Å². The van der Waals surface area contributed by atoms with E-state index < -0.39 is 17.6 Å². The zero-order valence-electron chi connectivity index (χ0n) is 19.8. The first-order valence-corrected chi connectivity index (χ1v) is 10.9. The van der Waals surface area contributed by atoms with E-state index in [2.05, 4.69) is 10.6 Å². The number of aryl methyl sites for hydroxylation is 1. The van der Waals surface area contributed by atoms with Crippen molar-refractivity contribution in [1.29, 1.82) is 5.26 Å². The molecule has 0 aliphatic rings. The largest absolute Gasteiger partial charge is 0.493 e. The van der Waals surface area contributed by atoms with E-state index in [0.29, 0.717) is 11.3 Å². The standard InChI is InChI=1S/C27H22F3N3O4/c1-17-6-3-4-9-22(17)33-25(34)16-37-23-11-10-18(13-24(23)36-2)12-19(15-31)26(35)32-21-8-5-7-20(14-21)27(28,29)30/h3-14H,16H2,1-2H3,(H,32,35)(H,33,34)/b19-12+. The summed E-state index contributed by atoms with van der Waals surface area (Å²) in [4.78, 5) is 24.8. The molecule has 0 bridgehead atoms. The van der Waals surface area contributed by atoms with Crippen molar-refractivity contribution >= 4 is 29.3 Å². The smallest absolute Gasteiger partial charge is 0.416 e. The van der Waals surface area contributed by atoms with E-state index in [1.165, 1.54) is 37.5 Å². The first-order chi connectivity index (χ1) is 17.6. The number of halogens is 3. The topological polar surface area (TPSA) is 100 Å². The van der Waals surface area contributed by atoms with Crippen molar-refractivity contribution in [2.24, 2.45) is 0 Å². The van der Waals surface area contributed by atoms with Crippen LogP contribution in [0.5, 0.6) is 11.5 Å². The molecule has 0 saturated heterocycles. The predicted molar refractivity (Wildman–Crippen MR) is 132 cm³/mol. The van der Waals surface area contributed by atoms with Crippen LogP contribution in [0.1, 0.15) is 16.7 Å². The van der Waals surface area contributed by atoms with Crippen LogP contribution in [0.15, 0.2) is 72.3 Å². The Balaban J connectivity index is 1.70. The molecule has 0 aromatic heterocycles. The lowest BCUT2D eigenvalue weighted by molar-refractivity contribution is -0.137. The molecule has 3 aromatic carbocycles. The van der Waals surface area contributed by atoms with Gasteiger partial charge in [0, 0.05) is 11.4 Å². The normalized spacial score (nSPS) is 11.3. The highest BCUT2D eigenvalue weighted by atomic mass is 19.4. The van der Waals surface area contributed by atoms with Crippen LogP contribution in [0.3, 0.4) is 0 Å². The van der Waals surface area contributed by atoms with Gasteiger partial charge in [-0.25, -0.2) is 0 Å². The molecule has 0 spiro atoms. The molecular weight excluding hydrogens is 487 g/mol. The molecule has 37 heavy (non-hydrogen) atoms. The number of anilines is 2. The lowest BCUT2D eigenvalue weighted by Crippen LogP contribution is -2.20. The second-order valence-electron chi connectivity index (χ2n) is 7.76. The second-order valence-corrected chi connectivity index (χ2v) is 7.76. The summed E-state index contributed by atoms with van der Waals surface area (Å²) < 4.78 is 49.6. The summed E-state index contributed by atoms with van der Waals surface area (Å²) in [5.41, 5.74) is 0.577. The monoisotopic (exact) mass is 509 g/mol. The maximum Gasteiger partial charge on any atom is 0.416 e. The van der Waals surface area contributed by atoms with Crippen molar-refractivity contribution in [3.8, 4) is 17.6 Å². The van der Waals surface area contributed by atoms with Crippen LogP contribution in [0, 0.1) is 18.3 Å². The third kappa shape index (κ3) is 7.35. The number of hydrogen-bond acceptors (Lipinski definition) is 5. The third-order valence-electron chi connectivity index (χ3n) is 5.09. The van der Waals surface area contributed by atoms with E-state index in [9.17, 15) is 28.0 Å². The molecule has 0 fully saturated rings. The van der Waals surface area contributed by atoms with Crippen molar-refractivity contribution in [1.82, 2.24) is 0 Å². The minimum atomic E-state index is -4.57. The number of hydrogen-bond donors (Lipinski definition) is 2. The van der Waals surface area contributed by atoms with Crippen LogP contribution in [0.4, 0.5) is 24.5 Å². The van der Waals surface area contributed by atoms with Crippen molar-refractivity contribution in [2.75, 3.05) is 24.4 Å². The van der Waals surface area contributed by atoms with Gasteiger partial charge in [-0.2, -0.15) is 18.4 Å².